The van der Waals surface area contributed by atoms with Crippen LogP contribution in [0.15, 0.2) is 24.3 Å². The van der Waals surface area contributed by atoms with Crippen LogP contribution in [-0.4, -0.2) is 44.1 Å². The second-order valence-electron chi connectivity index (χ2n) is 4.70. The van der Waals surface area contributed by atoms with E-state index in [1.807, 2.05) is 18.2 Å². The molecule has 0 unspecified atom stereocenters. The van der Waals surface area contributed by atoms with E-state index >= 15 is 0 Å². The van der Waals surface area contributed by atoms with E-state index in [4.69, 9.17) is 10.5 Å². The smallest absolute Gasteiger partial charge is 0.238 e. The number of unbranched alkanes of at least 4 members (excludes halogenated alkanes) is 1. The summed E-state index contributed by atoms with van der Waals surface area (Å²) in [4.78, 5) is 14.1. The molecule has 5 heteroatoms. The molecule has 3 N–H and O–H groups in total. The molecule has 0 aliphatic carbocycles. The van der Waals surface area contributed by atoms with Crippen molar-refractivity contribution in [1.82, 2.24) is 4.90 Å². The summed E-state index contributed by atoms with van der Waals surface area (Å²) in [6.45, 7) is 4.71. The number of nitrogens with zero attached hydrogens (tertiary/aromatic N) is 1. The molecule has 0 heterocycles. The molecule has 0 aliphatic rings. The zero-order valence-corrected chi connectivity index (χ0v) is 12.4. The van der Waals surface area contributed by atoms with E-state index in [1.165, 1.54) is 0 Å². The molecule has 0 spiro atoms. The van der Waals surface area contributed by atoms with Gasteiger partial charge in [0.1, 0.15) is 5.75 Å². The van der Waals surface area contributed by atoms with Crippen LogP contribution in [-0.2, 0) is 4.79 Å². The van der Waals surface area contributed by atoms with Gasteiger partial charge in [-0.1, -0.05) is 19.4 Å². The minimum Gasteiger partial charge on any atom is -0.497 e. The van der Waals surface area contributed by atoms with E-state index in [1.54, 1.807) is 13.2 Å². The maximum atomic E-state index is 12.0. The van der Waals surface area contributed by atoms with Crippen molar-refractivity contribution in [2.75, 3.05) is 38.6 Å². The lowest BCUT2D eigenvalue weighted by Gasteiger charge is -2.20. The molecule has 0 aromatic heterocycles. The van der Waals surface area contributed by atoms with Crippen LogP contribution in [0.25, 0.3) is 0 Å². The van der Waals surface area contributed by atoms with Gasteiger partial charge in [0.15, 0.2) is 0 Å². The number of nitrogens with two attached hydrogens (primary N) is 1. The molecule has 0 saturated heterocycles. The van der Waals surface area contributed by atoms with Crippen molar-refractivity contribution in [3.05, 3.63) is 24.3 Å². The molecule has 1 aromatic rings. The van der Waals surface area contributed by atoms with Gasteiger partial charge >= 0.3 is 0 Å². The first-order valence-electron chi connectivity index (χ1n) is 7.06. The minimum absolute atomic E-state index is 0.0252. The maximum absolute atomic E-state index is 12.0. The normalized spacial score (nSPS) is 10.6. The van der Waals surface area contributed by atoms with E-state index in [9.17, 15) is 4.79 Å². The zero-order chi connectivity index (χ0) is 14.8. The summed E-state index contributed by atoms with van der Waals surface area (Å²) < 4.78 is 5.13. The minimum atomic E-state index is -0.0252. The third-order valence-corrected chi connectivity index (χ3v) is 2.99. The van der Waals surface area contributed by atoms with Crippen LogP contribution in [0.4, 0.5) is 5.69 Å². The van der Waals surface area contributed by atoms with Crippen molar-refractivity contribution >= 4 is 11.6 Å². The first-order chi connectivity index (χ1) is 9.69. The summed E-state index contributed by atoms with van der Waals surface area (Å²) in [7, 11) is 1.61. The lowest BCUT2D eigenvalue weighted by atomic mass is 10.3. The van der Waals surface area contributed by atoms with Crippen LogP contribution in [0.3, 0.4) is 0 Å². The second-order valence-corrected chi connectivity index (χ2v) is 4.70. The Labute approximate surface area is 121 Å². The monoisotopic (exact) mass is 279 g/mol. The SMILES string of the molecule is CCCCN(CCN)CC(=O)Nc1cccc(OC)c1. The fourth-order valence-corrected chi connectivity index (χ4v) is 1.94. The van der Waals surface area contributed by atoms with Crippen LogP contribution in [0.2, 0.25) is 0 Å². The van der Waals surface area contributed by atoms with Gasteiger partial charge < -0.3 is 15.8 Å². The Bertz CT molecular complexity index is 410. The van der Waals surface area contributed by atoms with Gasteiger partial charge in [0.25, 0.3) is 0 Å². The van der Waals surface area contributed by atoms with Gasteiger partial charge in [0.2, 0.25) is 5.91 Å². The van der Waals surface area contributed by atoms with Crippen molar-refractivity contribution in [3.8, 4) is 5.75 Å². The molecule has 1 aromatic carbocycles. The van der Waals surface area contributed by atoms with E-state index in [0.29, 0.717) is 13.1 Å². The highest BCUT2D eigenvalue weighted by atomic mass is 16.5. The van der Waals surface area contributed by atoms with Crippen molar-refractivity contribution in [2.45, 2.75) is 19.8 Å². The number of benzene rings is 1. The van der Waals surface area contributed by atoms with Gasteiger partial charge in [0.05, 0.1) is 13.7 Å². The molecule has 5 nitrogen and oxygen atoms in total. The van der Waals surface area contributed by atoms with E-state index in [0.717, 1.165) is 37.4 Å². The molecule has 0 bridgehead atoms. The van der Waals surface area contributed by atoms with Crippen LogP contribution < -0.4 is 15.8 Å². The Kier molecular flexibility index (Phi) is 7.69. The summed E-state index contributed by atoms with van der Waals surface area (Å²) in [6, 6.07) is 7.35. The van der Waals surface area contributed by atoms with Crippen LogP contribution >= 0.6 is 0 Å². The summed E-state index contributed by atoms with van der Waals surface area (Å²) in [5, 5.41) is 2.88. The van der Waals surface area contributed by atoms with Gasteiger partial charge in [0, 0.05) is 24.8 Å². The van der Waals surface area contributed by atoms with Crippen molar-refractivity contribution in [1.29, 1.82) is 0 Å². The predicted molar refractivity (Wildman–Crippen MR) is 82.0 cm³/mol. The topological polar surface area (TPSA) is 67.6 Å². The number of amides is 1. The van der Waals surface area contributed by atoms with Gasteiger partial charge in [-0.3, -0.25) is 9.69 Å². The Balaban J connectivity index is 2.51. The number of hydrogen-bond acceptors (Lipinski definition) is 4. The average Bonchev–Trinajstić information content (AvgIpc) is 2.45. The van der Waals surface area contributed by atoms with Gasteiger partial charge in [-0.15, -0.1) is 0 Å². The highest BCUT2D eigenvalue weighted by Crippen LogP contribution is 2.16. The van der Waals surface area contributed by atoms with Gasteiger partial charge in [-0.25, -0.2) is 0 Å². The first-order valence-corrected chi connectivity index (χ1v) is 7.06. The largest absolute Gasteiger partial charge is 0.497 e. The zero-order valence-electron chi connectivity index (χ0n) is 12.4. The van der Waals surface area contributed by atoms with E-state index in [-0.39, 0.29) is 5.91 Å². The summed E-state index contributed by atoms with van der Waals surface area (Å²) >= 11 is 0. The number of rotatable bonds is 9. The molecule has 112 valence electrons. The Hall–Kier alpha value is -1.59. The quantitative estimate of drug-likeness (QED) is 0.722. The number of carbonyl (C=O) groups is 1. The van der Waals surface area contributed by atoms with Crippen molar-refractivity contribution < 1.29 is 9.53 Å². The number of hydrogen-bond donors (Lipinski definition) is 2. The number of methoxy groups -OCH3 is 1. The molecule has 0 radical (unpaired) electrons. The fourth-order valence-electron chi connectivity index (χ4n) is 1.94. The molecule has 1 rings (SSSR count). The fraction of sp³-hybridized carbons (Fsp3) is 0.533. The maximum Gasteiger partial charge on any atom is 0.238 e. The first kappa shape index (κ1) is 16.5. The highest BCUT2D eigenvalue weighted by Gasteiger charge is 2.10. The Morgan fingerprint density at radius 3 is 2.85 bits per heavy atom. The molecular weight excluding hydrogens is 254 g/mol. The third kappa shape index (κ3) is 6.04. The lowest BCUT2D eigenvalue weighted by molar-refractivity contribution is -0.117. The van der Waals surface area contributed by atoms with Gasteiger partial charge in [-0.2, -0.15) is 0 Å². The molecule has 0 saturated carbocycles. The summed E-state index contributed by atoms with van der Waals surface area (Å²) in [5.74, 6) is 0.704. The second kappa shape index (κ2) is 9.34. The molecular formula is C15H25N3O2. The predicted octanol–water partition coefficient (Wildman–Crippen LogP) is 1.69. The van der Waals surface area contributed by atoms with Crippen molar-refractivity contribution in [3.63, 3.8) is 0 Å². The van der Waals surface area contributed by atoms with Crippen LogP contribution in [0.1, 0.15) is 19.8 Å². The Morgan fingerprint density at radius 1 is 1.40 bits per heavy atom. The number of carbonyl (C=O) groups excluding carboxylic acids is 1. The molecule has 0 atom stereocenters. The Morgan fingerprint density at radius 2 is 2.20 bits per heavy atom. The number of nitrogens with one attached hydrogen (secondary N) is 1. The lowest BCUT2D eigenvalue weighted by Crippen LogP contribution is -2.37. The molecule has 0 fully saturated rings. The third-order valence-electron chi connectivity index (χ3n) is 2.99. The molecule has 20 heavy (non-hydrogen) atoms. The van der Waals surface area contributed by atoms with Gasteiger partial charge in [-0.05, 0) is 25.1 Å². The summed E-state index contributed by atoms with van der Waals surface area (Å²) in [6.07, 6.45) is 2.19. The van der Waals surface area contributed by atoms with E-state index < -0.39 is 0 Å². The van der Waals surface area contributed by atoms with Crippen molar-refractivity contribution in [2.24, 2.45) is 5.73 Å². The standard InChI is InChI=1S/C15H25N3O2/c1-3-4-9-18(10-8-16)12-15(19)17-13-6-5-7-14(11-13)20-2/h5-7,11H,3-4,8-10,12,16H2,1-2H3,(H,17,19). The number of ether oxygens (including phenoxy) is 1. The average molecular weight is 279 g/mol. The van der Waals surface area contributed by atoms with Crippen LogP contribution in [0.5, 0.6) is 5.75 Å². The van der Waals surface area contributed by atoms with E-state index in [2.05, 4.69) is 17.1 Å². The highest BCUT2D eigenvalue weighted by molar-refractivity contribution is 5.92. The molecule has 0 aliphatic heterocycles. The van der Waals surface area contributed by atoms with Crippen LogP contribution in [0, 0.1) is 0 Å². The number of anilines is 1. The summed E-state index contributed by atoms with van der Waals surface area (Å²) in [5.41, 5.74) is 6.33. The molecule has 1 amide bonds.